The molecule has 1 N–H and O–H groups in total. The second-order valence-corrected chi connectivity index (χ2v) is 10.5. The molecule has 0 bridgehead atoms. The number of ether oxygens (including phenoxy) is 2. The highest BCUT2D eigenvalue weighted by atomic mass is 16.7. The lowest BCUT2D eigenvalue weighted by Crippen LogP contribution is -2.62. The van der Waals surface area contributed by atoms with E-state index in [1.807, 2.05) is 19.9 Å². The molecule has 4 unspecified atom stereocenters. The number of fused-ring (bicyclic) bond motifs is 7. The SMILES string of the molecule is CCCC1O[C@H]2CC3C4CCC5=CC(=O)C=C[C@]5(C)C4C(=O)C[C@]3(C)[C@]2(C(=O)CO)O1. The highest BCUT2D eigenvalue weighted by molar-refractivity contribution is 6.02. The number of hydrogen-bond donors (Lipinski definition) is 1. The van der Waals surface area contributed by atoms with Gasteiger partial charge >= 0.3 is 0 Å². The Kier molecular flexibility index (Phi) is 4.75. The van der Waals surface area contributed by atoms with E-state index in [1.165, 1.54) is 0 Å². The van der Waals surface area contributed by atoms with Crippen LogP contribution in [0.1, 0.15) is 59.3 Å². The van der Waals surface area contributed by atoms with Gasteiger partial charge in [-0.3, -0.25) is 14.4 Å². The molecule has 5 rings (SSSR count). The Labute approximate surface area is 183 Å². The topological polar surface area (TPSA) is 89.9 Å². The van der Waals surface area contributed by atoms with Gasteiger partial charge < -0.3 is 14.6 Å². The first kappa shape index (κ1) is 21.2. The van der Waals surface area contributed by atoms with E-state index >= 15 is 0 Å². The summed E-state index contributed by atoms with van der Waals surface area (Å²) in [5.74, 6) is -0.269. The summed E-state index contributed by atoms with van der Waals surface area (Å²) in [6, 6.07) is 0. The summed E-state index contributed by atoms with van der Waals surface area (Å²) >= 11 is 0. The number of ketones is 3. The van der Waals surface area contributed by atoms with Gasteiger partial charge in [0.2, 0.25) is 0 Å². The third kappa shape index (κ3) is 2.58. The predicted molar refractivity (Wildman–Crippen MR) is 112 cm³/mol. The molecular weight excluding hydrogens is 396 g/mol. The third-order valence-corrected chi connectivity index (χ3v) is 9.13. The molecule has 1 saturated heterocycles. The second kappa shape index (κ2) is 6.93. The average Bonchev–Trinajstić information content (AvgIpc) is 3.20. The molecular formula is C25H32O6. The van der Waals surface area contributed by atoms with Crippen LogP contribution in [0, 0.1) is 28.6 Å². The van der Waals surface area contributed by atoms with Gasteiger partial charge in [0.25, 0.3) is 0 Å². The standard InChI is InChI=1S/C25H32O6/c1-4-5-21-30-20-11-17-16-7-6-14-10-15(27)8-9-23(14,2)22(16)18(28)12-24(17,3)25(20,31-21)19(29)13-26/h8-10,16-17,20-22,26H,4-7,11-13H2,1-3H3/t16?,17?,20-,21?,22?,23-,24-,25+/m0/s1. The van der Waals surface area contributed by atoms with Gasteiger partial charge in [-0.1, -0.05) is 38.8 Å². The summed E-state index contributed by atoms with van der Waals surface area (Å²) in [5, 5.41) is 9.86. The van der Waals surface area contributed by atoms with Crippen LogP contribution in [-0.4, -0.2) is 47.1 Å². The normalized spacial score (nSPS) is 48.0. The fourth-order valence-corrected chi connectivity index (χ4v) is 7.83. The zero-order chi connectivity index (χ0) is 22.2. The number of allylic oxidation sites excluding steroid dienone is 4. The Morgan fingerprint density at radius 1 is 1.29 bits per heavy atom. The molecule has 1 aliphatic heterocycles. The molecule has 0 aromatic carbocycles. The molecule has 31 heavy (non-hydrogen) atoms. The van der Waals surface area contributed by atoms with Crippen molar-refractivity contribution >= 4 is 17.3 Å². The van der Waals surface area contributed by atoms with Gasteiger partial charge in [-0.2, -0.15) is 0 Å². The van der Waals surface area contributed by atoms with E-state index in [1.54, 1.807) is 12.2 Å². The molecule has 1 heterocycles. The lowest BCUT2D eigenvalue weighted by molar-refractivity contribution is -0.187. The quantitative estimate of drug-likeness (QED) is 0.741. The van der Waals surface area contributed by atoms with Crippen molar-refractivity contribution in [3.63, 3.8) is 0 Å². The van der Waals surface area contributed by atoms with Crippen LogP contribution in [0.5, 0.6) is 0 Å². The molecule has 6 heteroatoms. The number of carbonyl (C=O) groups excluding carboxylic acids is 3. The number of aliphatic hydroxyl groups excluding tert-OH is 1. The van der Waals surface area contributed by atoms with Crippen LogP contribution in [-0.2, 0) is 23.9 Å². The van der Waals surface area contributed by atoms with E-state index < -0.39 is 35.4 Å². The Morgan fingerprint density at radius 2 is 2.06 bits per heavy atom. The Hall–Kier alpha value is -1.63. The van der Waals surface area contributed by atoms with Crippen LogP contribution in [0.2, 0.25) is 0 Å². The fraction of sp³-hybridized carbons (Fsp3) is 0.720. The van der Waals surface area contributed by atoms with E-state index in [4.69, 9.17) is 9.47 Å². The lowest BCUT2D eigenvalue weighted by atomic mass is 9.46. The van der Waals surface area contributed by atoms with Crippen LogP contribution in [0.4, 0.5) is 0 Å². The van der Waals surface area contributed by atoms with E-state index in [9.17, 15) is 19.5 Å². The third-order valence-electron chi connectivity index (χ3n) is 9.13. The first-order chi connectivity index (χ1) is 14.7. The zero-order valence-corrected chi connectivity index (χ0v) is 18.6. The smallest absolute Gasteiger partial charge is 0.193 e. The van der Waals surface area contributed by atoms with E-state index in [0.29, 0.717) is 12.8 Å². The van der Waals surface area contributed by atoms with Crippen LogP contribution >= 0.6 is 0 Å². The Morgan fingerprint density at radius 3 is 2.77 bits per heavy atom. The first-order valence-electron chi connectivity index (χ1n) is 11.7. The number of Topliss-reactive ketones (excluding diaryl/α,β-unsaturated/α-hetero) is 2. The molecule has 8 atom stereocenters. The van der Waals surface area contributed by atoms with Crippen molar-refractivity contribution in [2.45, 2.75) is 77.3 Å². The number of carbonyl (C=O) groups is 3. The van der Waals surface area contributed by atoms with Crippen molar-refractivity contribution in [1.82, 2.24) is 0 Å². The second-order valence-electron chi connectivity index (χ2n) is 10.5. The molecule has 0 radical (unpaired) electrons. The van der Waals surface area contributed by atoms with E-state index in [0.717, 1.165) is 24.8 Å². The minimum absolute atomic E-state index is 0.00863. The van der Waals surface area contributed by atoms with Crippen LogP contribution in [0.25, 0.3) is 0 Å². The molecule has 0 aromatic rings. The maximum Gasteiger partial charge on any atom is 0.193 e. The van der Waals surface area contributed by atoms with E-state index in [-0.39, 0.29) is 41.5 Å². The van der Waals surface area contributed by atoms with Crippen molar-refractivity contribution in [3.8, 4) is 0 Å². The summed E-state index contributed by atoms with van der Waals surface area (Å²) in [7, 11) is 0. The highest BCUT2D eigenvalue weighted by Gasteiger charge is 2.75. The van der Waals surface area contributed by atoms with Crippen LogP contribution in [0.3, 0.4) is 0 Å². The first-order valence-corrected chi connectivity index (χ1v) is 11.7. The number of rotatable bonds is 4. The predicted octanol–water partition coefficient (Wildman–Crippen LogP) is 2.93. The van der Waals surface area contributed by atoms with Gasteiger partial charge in [0.1, 0.15) is 12.4 Å². The molecule has 0 spiro atoms. The van der Waals surface area contributed by atoms with Crippen LogP contribution < -0.4 is 0 Å². The van der Waals surface area contributed by atoms with Gasteiger partial charge in [0.05, 0.1) is 6.10 Å². The van der Waals surface area contributed by atoms with E-state index in [2.05, 4.69) is 6.92 Å². The summed E-state index contributed by atoms with van der Waals surface area (Å²) in [6.45, 7) is 5.51. The maximum atomic E-state index is 13.8. The van der Waals surface area contributed by atoms with Gasteiger partial charge in [0.15, 0.2) is 23.5 Å². The summed E-state index contributed by atoms with van der Waals surface area (Å²) < 4.78 is 12.6. The molecule has 168 valence electrons. The summed E-state index contributed by atoms with van der Waals surface area (Å²) in [6.07, 6.45) is 8.35. The molecule has 4 aliphatic carbocycles. The van der Waals surface area contributed by atoms with Crippen molar-refractivity contribution < 1.29 is 29.0 Å². The Balaban J connectivity index is 1.56. The highest BCUT2D eigenvalue weighted by Crippen LogP contribution is 2.68. The molecule has 6 nitrogen and oxygen atoms in total. The maximum absolute atomic E-state index is 13.8. The van der Waals surface area contributed by atoms with Gasteiger partial charge in [0, 0.05) is 23.2 Å². The molecule has 5 aliphatic rings. The Bertz CT molecular complexity index is 904. The van der Waals surface area contributed by atoms with Crippen molar-refractivity contribution in [2.75, 3.05) is 6.61 Å². The minimum atomic E-state index is -1.26. The minimum Gasteiger partial charge on any atom is -0.388 e. The van der Waals surface area contributed by atoms with Gasteiger partial charge in [-0.25, -0.2) is 0 Å². The van der Waals surface area contributed by atoms with Gasteiger partial charge in [-0.15, -0.1) is 0 Å². The number of aliphatic hydroxyl groups is 1. The average molecular weight is 429 g/mol. The summed E-state index contributed by atoms with van der Waals surface area (Å²) in [4.78, 5) is 38.9. The zero-order valence-electron chi connectivity index (χ0n) is 18.6. The molecule has 3 saturated carbocycles. The van der Waals surface area contributed by atoms with Crippen molar-refractivity contribution in [3.05, 3.63) is 23.8 Å². The monoisotopic (exact) mass is 428 g/mol. The van der Waals surface area contributed by atoms with Crippen LogP contribution in [0.15, 0.2) is 23.8 Å². The largest absolute Gasteiger partial charge is 0.388 e. The molecule has 0 amide bonds. The molecule has 0 aromatic heterocycles. The summed E-state index contributed by atoms with van der Waals surface area (Å²) in [5.41, 5.74) is -1.37. The number of hydrogen-bond acceptors (Lipinski definition) is 6. The fourth-order valence-electron chi connectivity index (χ4n) is 7.83. The van der Waals surface area contributed by atoms with Gasteiger partial charge in [-0.05, 0) is 49.7 Å². The lowest BCUT2D eigenvalue weighted by Gasteiger charge is -2.57. The van der Waals surface area contributed by atoms with Crippen molar-refractivity contribution in [1.29, 1.82) is 0 Å². The van der Waals surface area contributed by atoms with Crippen molar-refractivity contribution in [2.24, 2.45) is 28.6 Å². The molecule has 4 fully saturated rings.